The fraction of sp³-hybridized carbons (Fsp3) is 0.250. The number of fused-ring (bicyclic) bond motifs is 4. The number of anilines is 2. The molecule has 3 heterocycles. The first-order chi connectivity index (χ1) is 20.7. The van der Waals surface area contributed by atoms with Gasteiger partial charge in [-0.15, -0.1) is 0 Å². The van der Waals surface area contributed by atoms with Gasteiger partial charge in [-0.2, -0.15) is 0 Å². The van der Waals surface area contributed by atoms with Crippen LogP contribution in [0.4, 0.5) is 11.4 Å². The standard InChI is InChI=1S/C32H30Cl2N4O4S/c33-25-9-11-26(12-10-25)43(41,42)36-28-17-23(32(40)35-15-14-22-4-1-2-5-27(22)34)8-13-30(28)37-18-21-16-24(20-37)29-6-3-7-31(39)38(29)19-21/h1-13,17,21,24,36H,14-16,18-20H2,(H,35,40)/t21-,24+/m1/s1. The number of benzene rings is 3. The summed E-state index contributed by atoms with van der Waals surface area (Å²) < 4.78 is 31.5. The van der Waals surface area contributed by atoms with Gasteiger partial charge in [-0.1, -0.05) is 47.5 Å². The topological polar surface area (TPSA) is 101 Å². The van der Waals surface area contributed by atoms with E-state index in [1.807, 2.05) is 34.9 Å². The van der Waals surface area contributed by atoms with Gasteiger partial charge in [0.25, 0.3) is 21.5 Å². The Morgan fingerprint density at radius 1 is 0.907 bits per heavy atom. The van der Waals surface area contributed by atoms with Crippen LogP contribution in [0.15, 0.2) is 94.6 Å². The first-order valence-corrected chi connectivity index (χ1v) is 16.3. The van der Waals surface area contributed by atoms with Gasteiger partial charge in [0.05, 0.1) is 16.3 Å². The van der Waals surface area contributed by atoms with Gasteiger partial charge in [0.15, 0.2) is 0 Å². The summed E-state index contributed by atoms with van der Waals surface area (Å²) in [5, 5.41) is 3.98. The SMILES string of the molecule is O=C(NCCc1ccccc1Cl)c1ccc(N2C[C@H]3C[C@@H](C2)c2cccc(=O)n2C3)c(NS(=O)(=O)c2ccc(Cl)cc2)c1. The third-order valence-electron chi connectivity index (χ3n) is 8.09. The van der Waals surface area contributed by atoms with E-state index in [4.69, 9.17) is 23.2 Å². The molecule has 2 aliphatic heterocycles. The van der Waals surface area contributed by atoms with Gasteiger partial charge >= 0.3 is 0 Å². The summed E-state index contributed by atoms with van der Waals surface area (Å²) in [6.07, 6.45) is 1.51. The minimum absolute atomic E-state index is 0.00182. The zero-order chi connectivity index (χ0) is 30.1. The molecular weight excluding hydrogens is 607 g/mol. The summed E-state index contributed by atoms with van der Waals surface area (Å²) in [7, 11) is -3.99. The van der Waals surface area contributed by atoms with E-state index in [-0.39, 0.29) is 28.2 Å². The van der Waals surface area contributed by atoms with Gasteiger partial charge in [-0.05, 0) is 78.9 Å². The third kappa shape index (κ3) is 6.30. The number of rotatable bonds is 8. The fourth-order valence-electron chi connectivity index (χ4n) is 6.06. The molecule has 3 aromatic carbocycles. The maximum atomic E-state index is 13.5. The van der Waals surface area contributed by atoms with E-state index in [1.54, 1.807) is 30.3 Å². The van der Waals surface area contributed by atoms with Crippen LogP contribution < -0.4 is 20.5 Å². The summed E-state index contributed by atoms with van der Waals surface area (Å²) in [6.45, 7) is 2.24. The third-order valence-corrected chi connectivity index (χ3v) is 10.1. The van der Waals surface area contributed by atoms with Gasteiger partial charge in [-0.25, -0.2) is 8.42 Å². The van der Waals surface area contributed by atoms with E-state index in [0.29, 0.717) is 59.6 Å². The number of aromatic nitrogens is 1. The van der Waals surface area contributed by atoms with Crippen molar-refractivity contribution in [2.24, 2.45) is 5.92 Å². The van der Waals surface area contributed by atoms with E-state index in [9.17, 15) is 18.0 Å². The number of carbonyl (C=O) groups is 1. The number of hydrogen-bond acceptors (Lipinski definition) is 5. The van der Waals surface area contributed by atoms with Gasteiger partial charge < -0.3 is 14.8 Å². The molecule has 4 aromatic rings. The van der Waals surface area contributed by atoms with Crippen LogP contribution in [-0.2, 0) is 23.0 Å². The van der Waals surface area contributed by atoms with Crippen molar-refractivity contribution >= 4 is 50.5 Å². The molecule has 8 nitrogen and oxygen atoms in total. The van der Waals surface area contributed by atoms with E-state index in [1.165, 1.54) is 24.3 Å². The molecule has 0 radical (unpaired) electrons. The van der Waals surface area contributed by atoms with E-state index in [0.717, 1.165) is 17.7 Å². The molecule has 0 saturated carbocycles. The zero-order valence-corrected chi connectivity index (χ0v) is 25.5. The van der Waals surface area contributed by atoms with Crippen LogP contribution in [0.1, 0.15) is 34.0 Å². The number of nitrogens with one attached hydrogen (secondary N) is 2. The zero-order valence-electron chi connectivity index (χ0n) is 23.2. The Morgan fingerprint density at radius 2 is 1.70 bits per heavy atom. The summed E-state index contributed by atoms with van der Waals surface area (Å²) in [5.74, 6) is 0.0177. The van der Waals surface area contributed by atoms with Crippen LogP contribution in [0.25, 0.3) is 0 Å². The Kier molecular flexibility index (Phi) is 8.22. The number of halogens is 2. The second kappa shape index (κ2) is 12.1. The molecule has 1 amide bonds. The smallest absolute Gasteiger partial charge is 0.261 e. The highest BCUT2D eigenvalue weighted by atomic mass is 35.5. The second-order valence-corrected chi connectivity index (χ2v) is 13.5. The molecule has 0 aliphatic carbocycles. The summed E-state index contributed by atoms with van der Waals surface area (Å²) in [4.78, 5) is 27.9. The minimum atomic E-state index is -3.99. The van der Waals surface area contributed by atoms with Crippen LogP contribution in [-0.4, -0.2) is 38.5 Å². The van der Waals surface area contributed by atoms with Crippen LogP contribution >= 0.6 is 23.2 Å². The molecule has 0 spiro atoms. The Labute approximate surface area is 260 Å². The molecular formula is C32H30Cl2N4O4S. The lowest BCUT2D eigenvalue weighted by molar-refractivity contribution is 0.0954. The lowest BCUT2D eigenvalue weighted by Crippen LogP contribution is -2.47. The minimum Gasteiger partial charge on any atom is -0.369 e. The van der Waals surface area contributed by atoms with Crippen molar-refractivity contribution in [3.05, 3.63) is 122 Å². The highest BCUT2D eigenvalue weighted by molar-refractivity contribution is 7.92. The van der Waals surface area contributed by atoms with E-state index < -0.39 is 10.0 Å². The van der Waals surface area contributed by atoms with Gasteiger partial charge in [-0.3, -0.25) is 14.3 Å². The molecule has 0 unspecified atom stereocenters. The summed E-state index contributed by atoms with van der Waals surface area (Å²) in [6, 6.07) is 23.8. The lowest BCUT2D eigenvalue weighted by Gasteiger charge is -2.44. The predicted molar refractivity (Wildman–Crippen MR) is 170 cm³/mol. The number of nitrogens with zero attached hydrogens (tertiary/aromatic N) is 2. The molecule has 1 saturated heterocycles. The molecule has 43 heavy (non-hydrogen) atoms. The quantitative estimate of drug-likeness (QED) is 0.264. The van der Waals surface area contributed by atoms with Crippen LogP contribution in [0.3, 0.4) is 0 Å². The Morgan fingerprint density at radius 3 is 2.49 bits per heavy atom. The van der Waals surface area contributed by atoms with Gasteiger partial charge in [0, 0.05) is 59.5 Å². The number of carbonyl (C=O) groups excluding carboxylic acids is 1. The Balaban J connectivity index is 1.29. The molecule has 222 valence electrons. The summed E-state index contributed by atoms with van der Waals surface area (Å²) >= 11 is 12.2. The maximum absolute atomic E-state index is 13.5. The Hall–Kier alpha value is -3.79. The number of amides is 1. The molecule has 1 fully saturated rings. The summed E-state index contributed by atoms with van der Waals surface area (Å²) in [5.41, 5.74) is 3.22. The molecule has 2 aliphatic rings. The fourth-order valence-corrected chi connectivity index (χ4v) is 7.48. The normalized spacial score (nSPS) is 17.7. The lowest BCUT2D eigenvalue weighted by atomic mass is 9.83. The molecule has 6 rings (SSSR count). The number of piperidine rings is 1. The maximum Gasteiger partial charge on any atom is 0.261 e. The number of sulfonamides is 1. The average Bonchev–Trinajstić information content (AvgIpc) is 2.98. The van der Waals surface area contributed by atoms with Crippen LogP contribution in [0.2, 0.25) is 10.0 Å². The van der Waals surface area contributed by atoms with E-state index >= 15 is 0 Å². The molecule has 2 bridgehead atoms. The van der Waals surface area contributed by atoms with Crippen molar-refractivity contribution in [3.8, 4) is 0 Å². The Bertz CT molecular complexity index is 1840. The van der Waals surface area contributed by atoms with E-state index in [2.05, 4.69) is 14.9 Å². The van der Waals surface area contributed by atoms with Crippen molar-refractivity contribution < 1.29 is 13.2 Å². The monoisotopic (exact) mass is 636 g/mol. The van der Waals surface area contributed by atoms with Crippen LogP contribution in [0, 0.1) is 5.92 Å². The highest BCUT2D eigenvalue weighted by Crippen LogP contribution is 2.40. The predicted octanol–water partition coefficient (Wildman–Crippen LogP) is 5.55. The molecule has 2 atom stereocenters. The van der Waals surface area contributed by atoms with Crippen LogP contribution in [0.5, 0.6) is 0 Å². The van der Waals surface area contributed by atoms with Crippen molar-refractivity contribution in [2.45, 2.75) is 30.2 Å². The second-order valence-electron chi connectivity index (χ2n) is 11.0. The van der Waals surface area contributed by atoms with Crippen molar-refractivity contribution in [1.82, 2.24) is 9.88 Å². The molecule has 11 heteroatoms. The first kappa shape index (κ1) is 29.3. The largest absolute Gasteiger partial charge is 0.369 e. The average molecular weight is 638 g/mol. The highest BCUT2D eigenvalue weighted by Gasteiger charge is 2.35. The molecule has 2 N–H and O–H groups in total. The molecule has 1 aromatic heterocycles. The van der Waals surface area contributed by atoms with Crippen molar-refractivity contribution in [2.75, 3.05) is 29.3 Å². The van der Waals surface area contributed by atoms with Gasteiger partial charge in [0.2, 0.25) is 0 Å². The number of hydrogen-bond donors (Lipinski definition) is 2. The van der Waals surface area contributed by atoms with Gasteiger partial charge in [0.1, 0.15) is 0 Å². The van der Waals surface area contributed by atoms with Crippen molar-refractivity contribution in [3.63, 3.8) is 0 Å². The first-order valence-electron chi connectivity index (χ1n) is 14.1. The van der Waals surface area contributed by atoms with Crippen molar-refractivity contribution in [1.29, 1.82) is 0 Å². The number of pyridine rings is 1.